The Kier molecular flexibility index (Phi) is 5.46. The number of nitriles is 1. The van der Waals surface area contributed by atoms with Gasteiger partial charge in [-0.25, -0.2) is 4.98 Å². The molecule has 1 unspecified atom stereocenters. The molecule has 140 valence electrons. The molecule has 0 N–H and O–H groups in total. The second kappa shape index (κ2) is 8.51. The van der Waals surface area contributed by atoms with Crippen LogP contribution in [0.15, 0.2) is 91.5 Å². The zero-order valence-corrected chi connectivity index (χ0v) is 16.1. The molecule has 0 radical (unpaired) electrons. The monoisotopic (exact) mass is 397 g/mol. The van der Waals surface area contributed by atoms with Gasteiger partial charge in [0.05, 0.1) is 29.6 Å². The first-order valence-corrected chi connectivity index (χ1v) is 9.36. The molecule has 0 fully saturated rings. The van der Waals surface area contributed by atoms with Crippen LogP contribution in [0.1, 0.15) is 22.7 Å². The number of aromatic nitrogens is 3. The Morgan fingerprint density at radius 1 is 0.828 bits per heavy atom. The summed E-state index contributed by atoms with van der Waals surface area (Å²) in [6.07, 6.45) is 7.09. The van der Waals surface area contributed by atoms with Gasteiger partial charge in [-0.3, -0.25) is 9.97 Å². The van der Waals surface area contributed by atoms with Gasteiger partial charge in [0.15, 0.2) is 0 Å². The zero-order chi connectivity index (χ0) is 20.1. The highest BCUT2D eigenvalue weighted by atomic mass is 35.5. The molecule has 5 nitrogen and oxygen atoms in total. The van der Waals surface area contributed by atoms with E-state index in [0.29, 0.717) is 16.5 Å². The molecule has 0 spiro atoms. The summed E-state index contributed by atoms with van der Waals surface area (Å²) in [4.78, 5) is 15.2. The summed E-state index contributed by atoms with van der Waals surface area (Å²) in [6.45, 7) is 0. The lowest BCUT2D eigenvalue weighted by Gasteiger charge is -2.33. The van der Waals surface area contributed by atoms with E-state index in [2.05, 4.69) is 25.9 Å². The van der Waals surface area contributed by atoms with Gasteiger partial charge in [0.2, 0.25) is 0 Å². The van der Waals surface area contributed by atoms with Crippen molar-refractivity contribution in [2.75, 3.05) is 4.90 Å². The number of pyridine rings is 3. The van der Waals surface area contributed by atoms with E-state index in [4.69, 9.17) is 11.6 Å². The first-order valence-electron chi connectivity index (χ1n) is 8.98. The molecule has 1 atom stereocenters. The van der Waals surface area contributed by atoms with Crippen molar-refractivity contribution in [2.45, 2.75) is 6.04 Å². The van der Waals surface area contributed by atoms with Crippen molar-refractivity contribution >= 4 is 23.1 Å². The third-order valence-corrected chi connectivity index (χ3v) is 4.70. The van der Waals surface area contributed by atoms with Crippen LogP contribution in [0.4, 0.5) is 11.5 Å². The normalized spacial score (nSPS) is 11.4. The highest BCUT2D eigenvalue weighted by Crippen LogP contribution is 2.38. The predicted octanol–water partition coefficient (Wildman–Crippen LogP) is 5.32. The maximum Gasteiger partial charge on any atom is 0.135 e. The van der Waals surface area contributed by atoms with Crippen LogP contribution < -0.4 is 4.90 Å². The molecule has 0 aliphatic heterocycles. The number of halogens is 1. The molecule has 0 aliphatic rings. The third kappa shape index (κ3) is 4.08. The van der Waals surface area contributed by atoms with Crippen LogP contribution in [0.3, 0.4) is 0 Å². The average molecular weight is 398 g/mol. The Labute approximate surface area is 173 Å². The molecular formula is C23H16ClN5. The fourth-order valence-electron chi connectivity index (χ4n) is 3.21. The first kappa shape index (κ1) is 18.6. The summed E-state index contributed by atoms with van der Waals surface area (Å²) >= 11 is 6.21. The summed E-state index contributed by atoms with van der Waals surface area (Å²) in [6, 6.07) is 22.7. The Bertz CT molecular complexity index is 1130. The Balaban J connectivity index is 1.94. The summed E-state index contributed by atoms with van der Waals surface area (Å²) < 4.78 is 0. The molecular weight excluding hydrogens is 382 g/mol. The number of rotatable bonds is 5. The van der Waals surface area contributed by atoms with Crippen LogP contribution in [0.25, 0.3) is 0 Å². The van der Waals surface area contributed by atoms with Crippen LogP contribution in [-0.2, 0) is 0 Å². The van der Waals surface area contributed by atoms with Crippen molar-refractivity contribution < 1.29 is 0 Å². The highest BCUT2D eigenvalue weighted by molar-refractivity contribution is 6.29. The molecule has 6 heteroatoms. The van der Waals surface area contributed by atoms with E-state index >= 15 is 0 Å². The number of hydrogen-bond acceptors (Lipinski definition) is 5. The number of benzene rings is 1. The van der Waals surface area contributed by atoms with Crippen LogP contribution in [0.2, 0.25) is 5.15 Å². The lowest BCUT2D eigenvalue weighted by Crippen LogP contribution is -2.26. The summed E-state index contributed by atoms with van der Waals surface area (Å²) in [5.41, 5.74) is 3.43. The third-order valence-electron chi connectivity index (χ3n) is 4.49. The predicted molar refractivity (Wildman–Crippen MR) is 113 cm³/mol. The topological polar surface area (TPSA) is 65.7 Å². The molecule has 0 bridgehead atoms. The second-order valence-electron chi connectivity index (χ2n) is 6.32. The van der Waals surface area contributed by atoms with Crippen molar-refractivity contribution in [3.63, 3.8) is 0 Å². The lowest BCUT2D eigenvalue weighted by atomic mass is 9.96. The Hall–Kier alpha value is -3.75. The molecule has 0 amide bonds. The van der Waals surface area contributed by atoms with E-state index < -0.39 is 0 Å². The van der Waals surface area contributed by atoms with Gasteiger partial charge in [-0.05, 0) is 53.6 Å². The maximum absolute atomic E-state index is 9.18. The molecule has 0 saturated heterocycles. The summed E-state index contributed by atoms with van der Waals surface area (Å²) in [7, 11) is 0. The van der Waals surface area contributed by atoms with E-state index in [9.17, 15) is 5.26 Å². The molecule has 4 rings (SSSR count). The molecule has 29 heavy (non-hydrogen) atoms. The van der Waals surface area contributed by atoms with E-state index in [1.165, 1.54) is 0 Å². The molecule has 0 saturated carbocycles. The Morgan fingerprint density at radius 3 is 2.21 bits per heavy atom. The quantitative estimate of drug-likeness (QED) is 0.426. The van der Waals surface area contributed by atoms with Gasteiger partial charge in [0.1, 0.15) is 11.0 Å². The van der Waals surface area contributed by atoms with Crippen molar-refractivity contribution in [1.29, 1.82) is 5.26 Å². The van der Waals surface area contributed by atoms with Gasteiger partial charge < -0.3 is 4.90 Å². The average Bonchev–Trinajstić information content (AvgIpc) is 2.79. The number of anilines is 2. The van der Waals surface area contributed by atoms with E-state index in [0.717, 1.165) is 16.8 Å². The molecule has 4 aromatic rings. The van der Waals surface area contributed by atoms with Crippen molar-refractivity contribution in [3.8, 4) is 6.07 Å². The zero-order valence-electron chi connectivity index (χ0n) is 15.4. The minimum atomic E-state index is -0.244. The fraction of sp³-hybridized carbons (Fsp3) is 0.0435. The summed E-state index contributed by atoms with van der Waals surface area (Å²) in [5, 5.41) is 9.58. The molecule has 3 heterocycles. The van der Waals surface area contributed by atoms with Crippen LogP contribution in [0.5, 0.6) is 0 Å². The van der Waals surface area contributed by atoms with Gasteiger partial charge in [-0.2, -0.15) is 5.26 Å². The summed E-state index contributed by atoms with van der Waals surface area (Å²) in [5.74, 6) is 0.684. The minimum absolute atomic E-state index is 0.244. The van der Waals surface area contributed by atoms with Gasteiger partial charge in [0, 0.05) is 18.6 Å². The van der Waals surface area contributed by atoms with E-state index in [1.807, 2.05) is 66.9 Å². The molecule has 0 aliphatic carbocycles. The molecule has 3 aromatic heterocycles. The van der Waals surface area contributed by atoms with E-state index in [1.54, 1.807) is 24.7 Å². The maximum atomic E-state index is 9.18. The van der Waals surface area contributed by atoms with Gasteiger partial charge >= 0.3 is 0 Å². The number of hydrogen-bond donors (Lipinski definition) is 0. The SMILES string of the molecule is N#Cc1ccc(C(c2cccnc2)N(c2cccnc2)c2cccc(Cl)n2)cc1. The minimum Gasteiger partial charge on any atom is -0.313 e. The van der Waals surface area contributed by atoms with Crippen LogP contribution >= 0.6 is 11.6 Å². The smallest absolute Gasteiger partial charge is 0.135 e. The standard InChI is InChI=1S/C23H16ClN5/c24-21-6-1-7-22(28-21)29(20-5-3-13-27-16-20)23(19-4-2-12-26-15-19)18-10-8-17(14-25)9-11-18/h1-13,15-16,23H. The second-order valence-corrected chi connectivity index (χ2v) is 6.71. The number of nitrogens with zero attached hydrogens (tertiary/aromatic N) is 5. The fourth-order valence-corrected chi connectivity index (χ4v) is 3.37. The van der Waals surface area contributed by atoms with Gasteiger partial charge in [0.25, 0.3) is 0 Å². The largest absolute Gasteiger partial charge is 0.313 e. The van der Waals surface area contributed by atoms with Gasteiger partial charge in [-0.15, -0.1) is 0 Å². The van der Waals surface area contributed by atoms with Crippen molar-refractivity contribution in [2.24, 2.45) is 0 Å². The highest BCUT2D eigenvalue weighted by Gasteiger charge is 2.26. The van der Waals surface area contributed by atoms with Crippen LogP contribution in [-0.4, -0.2) is 15.0 Å². The molecule has 1 aromatic carbocycles. The van der Waals surface area contributed by atoms with Crippen molar-refractivity contribution in [1.82, 2.24) is 15.0 Å². The van der Waals surface area contributed by atoms with Crippen LogP contribution in [0, 0.1) is 11.3 Å². The Morgan fingerprint density at radius 2 is 1.59 bits per heavy atom. The van der Waals surface area contributed by atoms with Crippen molar-refractivity contribution in [3.05, 3.63) is 113 Å². The van der Waals surface area contributed by atoms with E-state index in [-0.39, 0.29) is 6.04 Å². The first-order chi connectivity index (χ1) is 14.3. The lowest BCUT2D eigenvalue weighted by molar-refractivity contribution is 0.799. The van der Waals surface area contributed by atoms with Gasteiger partial charge in [-0.1, -0.05) is 35.9 Å².